The lowest BCUT2D eigenvalue weighted by Gasteiger charge is -2.30. The minimum atomic E-state index is -0.350. The van der Waals surface area contributed by atoms with E-state index in [1.165, 1.54) is 19.3 Å². The summed E-state index contributed by atoms with van der Waals surface area (Å²) in [6, 6.07) is 0. The fourth-order valence-electron chi connectivity index (χ4n) is 3.25. The third-order valence-corrected chi connectivity index (χ3v) is 4.85. The highest BCUT2D eigenvalue weighted by Gasteiger charge is 2.30. The monoisotopic (exact) mass is 297 g/mol. The summed E-state index contributed by atoms with van der Waals surface area (Å²) in [5, 5.41) is 10.1. The highest BCUT2D eigenvalue weighted by Crippen LogP contribution is 2.34. The van der Waals surface area contributed by atoms with Gasteiger partial charge >= 0.3 is 0 Å². The Hall–Kier alpha value is -0.570. The van der Waals surface area contributed by atoms with Gasteiger partial charge in [-0.3, -0.25) is 4.79 Å². The number of aliphatic hydroxyl groups excluding tert-OH is 1. The Morgan fingerprint density at radius 3 is 2.57 bits per heavy atom. The van der Waals surface area contributed by atoms with Crippen molar-refractivity contribution in [2.45, 2.75) is 85.2 Å². The molecule has 0 aromatic rings. The molecule has 0 aromatic heterocycles. The van der Waals surface area contributed by atoms with Gasteiger partial charge in [-0.1, -0.05) is 53.4 Å². The van der Waals surface area contributed by atoms with Crippen molar-refractivity contribution in [2.24, 2.45) is 11.3 Å². The fourth-order valence-corrected chi connectivity index (χ4v) is 3.25. The molecule has 0 spiro atoms. The van der Waals surface area contributed by atoms with Crippen LogP contribution in [0.3, 0.4) is 0 Å². The number of hydrogen-bond donors (Lipinski definition) is 1. The molecule has 0 aliphatic carbocycles. The topological polar surface area (TPSA) is 40.5 Å². The van der Waals surface area contributed by atoms with Crippen LogP contribution >= 0.6 is 0 Å². The lowest BCUT2D eigenvalue weighted by Crippen LogP contribution is -2.37. The first kappa shape index (κ1) is 18.5. The number of aliphatic hydroxyl groups is 1. The standard InChI is InChI=1S/C18H35NO2/c1-5-6-7-8-9-16(20)14-19-13-12-15(18(2,3)4)10-11-17(19)21/h15-16,20H,5-14H2,1-4H3/t15-,16+/m1/s1. The van der Waals surface area contributed by atoms with Gasteiger partial charge < -0.3 is 10.0 Å². The number of nitrogens with zero attached hydrogens (tertiary/aromatic N) is 1. The van der Waals surface area contributed by atoms with Crippen LogP contribution in [0.4, 0.5) is 0 Å². The first-order valence-electron chi connectivity index (χ1n) is 8.80. The summed E-state index contributed by atoms with van der Waals surface area (Å²) in [7, 11) is 0. The number of carbonyl (C=O) groups is 1. The van der Waals surface area contributed by atoms with E-state index in [0.717, 1.165) is 32.2 Å². The number of carbonyl (C=O) groups excluding carboxylic acids is 1. The Morgan fingerprint density at radius 2 is 1.95 bits per heavy atom. The van der Waals surface area contributed by atoms with Gasteiger partial charge in [-0.05, 0) is 30.6 Å². The second-order valence-electron chi connectivity index (χ2n) is 7.73. The van der Waals surface area contributed by atoms with Crippen molar-refractivity contribution in [3.63, 3.8) is 0 Å². The molecule has 0 aromatic carbocycles. The van der Waals surface area contributed by atoms with Crippen LogP contribution < -0.4 is 0 Å². The molecule has 1 fully saturated rings. The summed E-state index contributed by atoms with van der Waals surface area (Å²) in [4.78, 5) is 14.1. The van der Waals surface area contributed by atoms with E-state index in [-0.39, 0.29) is 17.4 Å². The molecule has 3 nitrogen and oxygen atoms in total. The summed E-state index contributed by atoms with van der Waals surface area (Å²) in [5.41, 5.74) is 0.273. The smallest absolute Gasteiger partial charge is 0.222 e. The number of amides is 1. The molecule has 21 heavy (non-hydrogen) atoms. The van der Waals surface area contributed by atoms with E-state index in [9.17, 15) is 9.90 Å². The molecule has 1 aliphatic heterocycles. The SMILES string of the molecule is CCCCCC[C@H](O)CN1CC[C@H](C(C)(C)C)CCC1=O. The maximum atomic E-state index is 12.2. The average molecular weight is 297 g/mol. The van der Waals surface area contributed by atoms with Crippen LogP contribution in [0.1, 0.15) is 79.1 Å². The fraction of sp³-hybridized carbons (Fsp3) is 0.944. The maximum Gasteiger partial charge on any atom is 0.222 e. The third kappa shape index (κ3) is 6.82. The van der Waals surface area contributed by atoms with Crippen LogP contribution in [0.15, 0.2) is 0 Å². The van der Waals surface area contributed by atoms with Gasteiger partial charge in [0.05, 0.1) is 6.10 Å². The Labute approximate surface area is 131 Å². The quantitative estimate of drug-likeness (QED) is 0.722. The van der Waals surface area contributed by atoms with E-state index in [0.29, 0.717) is 18.9 Å². The molecule has 0 radical (unpaired) electrons. The van der Waals surface area contributed by atoms with Crippen molar-refractivity contribution in [1.82, 2.24) is 4.90 Å². The Bertz CT molecular complexity index is 309. The van der Waals surface area contributed by atoms with Crippen molar-refractivity contribution in [3.05, 3.63) is 0 Å². The van der Waals surface area contributed by atoms with E-state index < -0.39 is 0 Å². The van der Waals surface area contributed by atoms with Crippen LogP contribution in [0.2, 0.25) is 0 Å². The van der Waals surface area contributed by atoms with Gasteiger partial charge in [0.15, 0.2) is 0 Å². The molecule has 1 rings (SSSR count). The summed E-state index contributed by atoms with van der Waals surface area (Å²) < 4.78 is 0. The Morgan fingerprint density at radius 1 is 1.24 bits per heavy atom. The lowest BCUT2D eigenvalue weighted by molar-refractivity contribution is -0.132. The van der Waals surface area contributed by atoms with Crippen molar-refractivity contribution >= 4 is 5.91 Å². The van der Waals surface area contributed by atoms with Gasteiger partial charge in [0.25, 0.3) is 0 Å². The predicted octanol–water partition coefficient (Wildman–Crippen LogP) is 3.99. The molecule has 1 heterocycles. The lowest BCUT2D eigenvalue weighted by atomic mass is 9.77. The van der Waals surface area contributed by atoms with Gasteiger partial charge in [-0.15, -0.1) is 0 Å². The maximum absolute atomic E-state index is 12.2. The van der Waals surface area contributed by atoms with E-state index in [1.807, 2.05) is 4.90 Å². The molecule has 0 unspecified atom stereocenters. The van der Waals surface area contributed by atoms with E-state index in [1.54, 1.807) is 0 Å². The molecule has 3 heteroatoms. The number of likely N-dealkylation sites (tertiary alicyclic amines) is 1. The zero-order chi connectivity index (χ0) is 15.9. The van der Waals surface area contributed by atoms with Gasteiger partial charge in [-0.25, -0.2) is 0 Å². The molecule has 1 amide bonds. The number of hydrogen-bond acceptors (Lipinski definition) is 2. The van der Waals surface area contributed by atoms with Gasteiger partial charge in [0.2, 0.25) is 5.91 Å². The van der Waals surface area contributed by atoms with Crippen LogP contribution in [0, 0.1) is 11.3 Å². The zero-order valence-electron chi connectivity index (χ0n) is 14.5. The Kier molecular flexibility index (Phi) is 7.72. The molecule has 1 saturated heterocycles. The molecule has 124 valence electrons. The van der Waals surface area contributed by atoms with Crippen molar-refractivity contribution in [3.8, 4) is 0 Å². The predicted molar refractivity (Wildman–Crippen MR) is 88.1 cm³/mol. The third-order valence-electron chi connectivity index (χ3n) is 4.85. The first-order chi connectivity index (χ1) is 9.84. The molecule has 1 N–H and O–H groups in total. The number of unbranched alkanes of at least 4 members (excludes halogenated alkanes) is 3. The highest BCUT2D eigenvalue weighted by atomic mass is 16.3. The number of β-amino-alcohol motifs (C(OH)–C–C–N with tert-alkyl or cyclic N) is 1. The van der Waals surface area contributed by atoms with Crippen molar-refractivity contribution < 1.29 is 9.90 Å². The van der Waals surface area contributed by atoms with Gasteiger partial charge in [0, 0.05) is 19.5 Å². The van der Waals surface area contributed by atoms with Crippen molar-refractivity contribution in [1.29, 1.82) is 0 Å². The van der Waals surface area contributed by atoms with Crippen molar-refractivity contribution in [2.75, 3.05) is 13.1 Å². The molecular weight excluding hydrogens is 262 g/mol. The van der Waals surface area contributed by atoms with E-state index >= 15 is 0 Å². The molecule has 2 atom stereocenters. The molecule has 1 aliphatic rings. The van der Waals surface area contributed by atoms with Crippen LogP contribution in [-0.2, 0) is 4.79 Å². The minimum Gasteiger partial charge on any atom is -0.391 e. The zero-order valence-corrected chi connectivity index (χ0v) is 14.5. The van der Waals surface area contributed by atoms with E-state index in [2.05, 4.69) is 27.7 Å². The molecular formula is C18H35NO2. The second kappa shape index (κ2) is 8.77. The van der Waals surface area contributed by atoms with Gasteiger partial charge in [-0.2, -0.15) is 0 Å². The summed E-state index contributed by atoms with van der Waals surface area (Å²) >= 11 is 0. The summed E-state index contributed by atoms with van der Waals surface area (Å²) in [6.45, 7) is 10.3. The van der Waals surface area contributed by atoms with Gasteiger partial charge in [0.1, 0.15) is 0 Å². The molecule has 0 saturated carbocycles. The molecule has 0 bridgehead atoms. The number of rotatable bonds is 7. The summed E-state index contributed by atoms with van der Waals surface area (Å²) in [5.74, 6) is 0.836. The normalized spacial score (nSPS) is 22.2. The van der Waals surface area contributed by atoms with Crippen LogP contribution in [-0.4, -0.2) is 35.1 Å². The average Bonchev–Trinajstić information content (AvgIpc) is 2.57. The minimum absolute atomic E-state index is 0.231. The summed E-state index contributed by atoms with van der Waals surface area (Å²) in [6.07, 6.45) is 7.89. The second-order valence-corrected chi connectivity index (χ2v) is 7.73. The Balaban J connectivity index is 2.38. The van der Waals surface area contributed by atoms with E-state index in [4.69, 9.17) is 0 Å². The van der Waals surface area contributed by atoms with Crippen LogP contribution in [0.5, 0.6) is 0 Å². The first-order valence-corrected chi connectivity index (χ1v) is 8.80. The van der Waals surface area contributed by atoms with Crippen LogP contribution in [0.25, 0.3) is 0 Å². The highest BCUT2D eigenvalue weighted by molar-refractivity contribution is 5.76. The largest absolute Gasteiger partial charge is 0.391 e.